The highest BCUT2D eigenvalue weighted by molar-refractivity contribution is 6.01. The fourth-order valence-corrected chi connectivity index (χ4v) is 3.31. The molecule has 1 saturated heterocycles. The number of carbonyl (C=O) groups is 1. The van der Waals surface area contributed by atoms with Crippen LogP contribution in [0, 0.1) is 0 Å². The maximum atomic E-state index is 12.2. The molecule has 0 aliphatic carbocycles. The lowest BCUT2D eigenvalue weighted by Gasteiger charge is -2.32. The van der Waals surface area contributed by atoms with Crippen molar-refractivity contribution in [2.75, 3.05) is 30.4 Å². The first-order valence-corrected chi connectivity index (χ1v) is 9.49. The Morgan fingerprint density at radius 1 is 1.31 bits per heavy atom. The summed E-state index contributed by atoms with van der Waals surface area (Å²) in [5.74, 6) is -0.0260. The number of nitrogens with zero attached hydrogens (tertiary/aromatic N) is 2. The molecule has 1 aliphatic heterocycles. The summed E-state index contributed by atoms with van der Waals surface area (Å²) < 4.78 is 0. The van der Waals surface area contributed by atoms with Crippen molar-refractivity contribution in [2.45, 2.75) is 39.5 Å². The van der Waals surface area contributed by atoms with Gasteiger partial charge in [0.05, 0.1) is 0 Å². The van der Waals surface area contributed by atoms with Crippen molar-refractivity contribution in [1.82, 2.24) is 4.90 Å². The molecule has 0 atom stereocenters. The van der Waals surface area contributed by atoms with E-state index in [1.165, 1.54) is 25.0 Å². The van der Waals surface area contributed by atoms with E-state index in [9.17, 15) is 4.79 Å². The molecular weight excluding hydrogens is 322 g/mol. The van der Waals surface area contributed by atoms with Gasteiger partial charge in [-0.2, -0.15) is 0 Å². The van der Waals surface area contributed by atoms with Gasteiger partial charge in [-0.25, -0.2) is 0 Å². The van der Waals surface area contributed by atoms with E-state index in [4.69, 9.17) is 0 Å². The number of allylic oxidation sites excluding steroid dienone is 2. The Bertz CT molecular complexity index is 685. The molecule has 1 aliphatic rings. The maximum Gasteiger partial charge on any atom is 0.250 e. The van der Waals surface area contributed by atoms with Gasteiger partial charge in [-0.3, -0.25) is 4.79 Å². The molecule has 0 saturated carbocycles. The van der Waals surface area contributed by atoms with Crippen molar-refractivity contribution in [2.24, 2.45) is 0 Å². The Morgan fingerprint density at radius 2 is 2.04 bits per heavy atom. The van der Waals surface area contributed by atoms with Gasteiger partial charge in [-0.05, 0) is 63.1 Å². The van der Waals surface area contributed by atoms with E-state index < -0.39 is 0 Å². The lowest BCUT2D eigenvalue weighted by molar-refractivity contribution is -0.113. The summed E-state index contributed by atoms with van der Waals surface area (Å²) in [7, 11) is 1.81. The van der Waals surface area contributed by atoms with Crippen LogP contribution < -0.4 is 10.2 Å². The standard InChI is InChI=1S/C22H31N3O/c1-5-11-21(25-15-9-8-10-16-25)19-17-18(13-14-20(19)23-7-3)24(4)22(26)12-6-2/h6-7,11-14,17,23H,3,5,8-10,15-16H2,1-2,4H3/b12-6+,21-11+. The Balaban J connectivity index is 2.47. The zero-order valence-corrected chi connectivity index (χ0v) is 16.3. The van der Waals surface area contributed by atoms with Gasteiger partial charge in [0.1, 0.15) is 0 Å². The minimum atomic E-state index is -0.0260. The second-order valence-corrected chi connectivity index (χ2v) is 6.52. The number of rotatable bonds is 7. The molecule has 1 N–H and O–H groups in total. The third-order valence-electron chi connectivity index (χ3n) is 4.66. The molecule has 0 radical (unpaired) electrons. The summed E-state index contributed by atoms with van der Waals surface area (Å²) in [5, 5.41) is 3.25. The molecule has 0 bridgehead atoms. The van der Waals surface area contributed by atoms with E-state index in [-0.39, 0.29) is 5.91 Å². The van der Waals surface area contributed by atoms with E-state index in [2.05, 4.69) is 35.9 Å². The quantitative estimate of drug-likeness (QED) is 0.699. The SMILES string of the molecule is C=CNc1ccc(N(C)C(=O)/C=C/C)cc1/C(=C\CC)N1CCCCC1. The summed E-state index contributed by atoms with van der Waals surface area (Å²) in [5.41, 5.74) is 4.26. The largest absolute Gasteiger partial charge is 0.371 e. The number of amides is 1. The predicted molar refractivity (Wildman–Crippen MR) is 112 cm³/mol. The predicted octanol–water partition coefficient (Wildman–Crippen LogP) is 5.02. The molecule has 1 aromatic rings. The van der Waals surface area contributed by atoms with Gasteiger partial charge >= 0.3 is 0 Å². The monoisotopic (exact) mass is 353 g/mol. The van der Waals surface area contributed by atoms with Crippen LogP contribution in [0.15, 0.2) is 49.2 Å². The molecule has 0 unspecified atom stereocenters. The van der Waals surface area contributed by atoms with E-state index in [0.29, 0.717) is 0 Å². The Labute approximate surface area is 157 Å². The molecule has 1 aromatic carbocycles. The first-order valence-electron chi connectivity index (χ1n) is 9.49. The zero-order valence-electron chi connectivity index (χ0n) is 16.3. The highest BCUT2D eigenvalue weighted by Gasteiger charge is 2.19. The molecule has 0 spiro atoms. The molecule has 1 heterocycles. The van der Waals surface area contributed by atoms with Gasteiger partial charge in [-0.15, -0.1) is 0 Å². The fraction of sp³-hybridized carbons (Fsp3) is 0.409. The summed E-state index contributed by atoms with van der Waals surface area (Å²) in [6, 6.07) is 6.10. The van der Waals surface area contributed by atoms with Crippen LogP contribution >= 0.6 is 0 Å². The molecule has 26 heavy (non-hydrogen) atoms. The highest BCUT2D eigenvalue weighted by Crippen LogP contribution is 2.33. The molecule has 140 valence electrons. The Kier molecular flexibility index (Phi) is 7.52. The van der Waals surface area contributed by atoms with Crippen LogP contribution in [0.2, 0.25) is 0 Å². The third kappa shape index (κ3) is 4.78. The smallest absolute Gasteiger partial charge is 0.250 e. The number of nitrogens with one attached hydrogen (secondary N) is 1. The normalized spacial score (nSPS) is 15.2. The Hall–Kier alpha value is -2.49. The molecule has 1 amide bonds. The van der Waals surface area contributed by atoms with E-state index in [0.717, 1.165) is 36.4 Å². The maximum absolute atomic E-state index is 12.2. The van der Waals surface area contributed by atoms with Crippen molar-refractivity contribution >= 4 is 23.0 Å². The van der Waals surface area contributed by atoms with Gasteiger partial charge < -0.3 is 15.1 Å². The van der Waals surface area contributed by atoms with Crippen molar-refractivity contribution in [3.63, 3.8) is 0 Å². The van der Waals surface area contributed by atoms with Crippen molar-refractivity contribution < 1.29 is 4.79 Å². The summed E-state index contributed by atoms with van der Waals surface area (Å²) in [6.07, 6.45) is 12.1. The van der Waals surface area contributed by atoms with Gasteiger partial charge in [0.15, 0.2) is 0 Å². The van der Waals surface area contributed by atoms with Crippen molar-refractivity contribution in [3.05, 3.63) is 54.8 Å². The fourth-order valence-electron chi connectivity index (χ4n) is 3.31. The van der Waals surface area contributed by atoms with Crippen LogP contribution in [0.5, 0.6) is 0 Å². The van der Waals surface area contributed by atoms with Gasteiger partial charge in [0, 0.05) is 42.8 Å². The average Bonchev–Trinajstić information content (AvgIpc) is 2.67. The lowest BCUT2D eigenvalue weighted by Crippen LogP contribution is -2.29. The topological polar surface area (TPSA) is 35.6 Å². The first-order chi connectivity index (χ1) is 12.6. The number of likely N-dealkylation sites (tertiary alicyclic amines) is 1. The van der Waals surface area contributed by atoms with Crippen molar-refractivity contribution in [1.29, 1.82) is 0 Å². The van der Waals surface area contributed by atoms with Crippen LogP contribution in [0.3, 0.4) is 0 Å². The van der Waals surface area contributed by atoms with E-state index in [1.807, 2.05) is 26.1 Å². The number of hydrogen-bond acceptors (Lipinski definition) is 3. The summed E-state index contributed by atoms with van der Waals surface area (Å²) in [4.78, 5) is 16.4. The molecule has 2 rings (SSSR count). The highest BCUT2D eigenvalue weighted by atomic mass is 16.2. The van der Waals surface area contributed by atoms with Crippen LogP contribution in [-0.2, 0) is 4.79 Å². The number of carbonyl (C=O) groups excluding carboxylic acids is 1. The molecular formula is C22H31N3O. The number of likely N-dealkylation sites (N-methyl/N-ethyl adjacent to an activating group) is 1. The van der Waals surface area contributed by atoms with Gasteiger partial charge in [-0.1, -0.05) is 25.7 Å². The van der Waals surface area contributed by atoms with Crippen LogP contribution in [0.4, 0.5) is 11.4 Å². The second-order valence-electron chi connectivity index (χ2n) is 6.52. The zero-order chi connectivity index (χ0) is 18.9. The summed E-state index contributed by atoms with van der Waals surface area (Å²) in [6.45, 7) is 9.98. The minimum absolute atomic E-state index is 0.0260. The van der Waals surface area contributed by atoms with Crippen LogP contribution in [0.1, 0.15) is 45.1 Å². The van der Waals surface area contributed by atoms with E-state index in [1.54, 1.807) is 23.3 Å². The van der Waals surface area contributed by atoms with Crippen LogP contribution in [0.25, 0.3) is 5.70 Å². The number of piperidine rings is 1. The molecule has 4 nitrogen and oxygen atoms in total. The summed E-state index contributed by atoms with van der Waals surface area (Å²) >= 11 is 0. The number of anilines is 2. The molecule has 1 fully saturated rings. The van der Waals surface area contributed by atoms with Gasteiger partial charge in [0.25, 0.3) is 0 Å². The number of hydrogen-bond donors (Lipinski definition) is 1. The Morgan fingerprint density at radius 3 is 2.65 bits per heavy atom. The lowest BCUT2D eigenvalue weighted by atomic mass is 10.0. The number of benzene rings is 1. The van der Waals surface area contributed by atoms with E-state index >= 15 is 0 Å². The van der Waals surface area contributed by atoms with Gasteiger partial charge in [0.2, 0.25) is 5.91 Å². The molecule has 0 aromatic heterocycles. The average molecular weight is 354 g/mol. The second kappa shape index (κ2) is 9.85. The third-order valence-corrected chi connectivity index (χ3v) is 4.66. The molecule has 4 heteroatoms. The van der Waals surface area contributed by atoms with Crippen LogP contribution in [-0.4, -0.2) is 30.9 Å². The van der Waals surface area contributed by atoms with Crippen molar-refractivity contribution in [3.8, 4) is 0 Å². The minimum Gasteiger partial charge on any atom is -0.371 e. The first kappa shape index (κ1) is 19.8.